The zero-order chi connectivity index (χ0) is 15.5. The fraction of sp³-hybridized carbons (Fsp3) is 0.647. The van der Waals surface area contributed by atoms with Gasteiger partial charge < -0.3 is 5.32 Å². The minimum absolute atomic E-state index is 0.166. The van der Waals surface area contributed by atoms with Gasteiger partial charge in [-0.15, -0.1) is 0 Å². The van der Waals surface area contributed by atoms with Crippen LogP contribution in [0.15, 0.2) is 29.2 Å². The summed E-state index contributed by atoms with van der Waals surface area (Å²) in [6, 6.07) is 7.84. The molecule has 0 aromatic heterocycles. The minimum atomic E-state index is -1.01. The Balaban J connectivity index is 2.20. The fourth-order valence-corrected chi connectivity index (χ4v) is 5.27. The quantitative estimate of drug-likeness (QED) is 0.868. The molecule has 21 heavy (non-hydrogen) atoms. The van der Waals surface area contributed by atoms with E-state index in [-0.39, 0.29) is 10.7 Å². The lowest BCUT2D eigenvalue weighted by Gasteiger charge is -2.40. The van der Waals surface area contributed by atoms with Gasteiger partial charge in [0.1, 0.15) is 0 Å². The van der Waals surface area contributed by atoms with Crippen LogP contribution in [0.5, 0.6) is 0 Å². The molecule has 2 rings (SSSR count). The summed E-state index contributed by atoms with van der Waals surface area (Å²) in [5, 5.41) is 4.42. The third-order valence-electron chi connectivity index (χ3n) is 4.29. The highest BCUT2D eigenvalue weighted by Crippen LogP contribution is 2.39. The van der Waals surface area contributed by atoms with Gasteiger partial charge >= 0.3 is 0 Å². The highest BCUT2D eigenvalue weighted by Gasteiger charge is 2.38. The molecule has 4 heteroatoms. The van der Waals surface area contributed by atoms with Crippen molar-refractivity contribution in [2.24, 2.45) is 5.41 Å². The van der Waals surface area contributed by atoms with E-state index in [1.54, 1.807) is 0 Å². The maximum absolute atomic E-state index is 13.0. The van der Waals surface area contributed by atoms with E-state index >= 15 is 0 Å². The Bertz CT molecular complexity index is 503. The molecule has 0 bridgehead atoms. The van der Waals surface area contributed by atoms with Crippen LogP contribution in [0.2, 0.25) is 5.02 Å². The van der Waals surface area contributed by atoms with Crippen LogP contribution in [0, 0.1) is 5.41 Å². The van der Waals surface area contributed by atoms with E-state index in [1.165, 1.54) is 6.42 Å². The third kappa shape index (κ3) is 4.54. The first-order chi connectivity index (χ1) is 9.93. The van der Waals surface area contributed by atoms with Gasteiger partial charge in [0.15, 0.2) is 0 Å². The van der Waals surface area contributed by atoms with Crippen LogP contribution in [0.3, 0.4) is 0 Å². The monoisotopic (exact) mass is 327 g/mol. The van der Waals surface area contributed by atoms with Crippen molar-refractivity contribution in [2.45, 2.75) is 62.6 Å². The van der Waals surface area contributed by atoms with Crippen LogP contribution < -0.4 is 5.32 Å². The van der Waals surface area contributed by atoms with Gasteiger partial charge in [0, 0.05) is 16.0 Å². The van der Waals surface area contributed by atoms with Crippen molar-refractivity contribution in [1.29, 1.82) is 0 Å². The molecule has 0 spiro atoms. The normalized spacial score (nSPS) is 26.5. The van der Waals surface area contributed by atoms with Gasteiger partial charge in [-0.1, -0.05) is 38.4 Å². The number of hydrogen-bond acceptors (Lipinski definition) is 2. The van der Waals surface area contributed by atoms with Crippen molar-refractivity contribution in [3.05, 3.63) is 29.3 Å². The predicted octanol–water partition coefficient (Wildman–Crippen LogP) is 4.39. The Hall–Kier alpha value is -0.380. The Morgan fingerprint density at radius 3 is 2.86 bits per heavy atom. The van der Waals surface area contributed by atoms with Crippen LogP contribution in [0.1, 0.15) is 46.5 Å². The third-order valence-corrected chi connectivity index (χ3v) is 6.29. The van der Waals surface area contributed by atoms with E-state index in [1.807, 2.05) is 24.3 Å². The Morgan fingerprint density at radius 1 is 1.43 bits per heavy atom. The zero-order valence-electron chi connectivity index (χ0n) is 13.2. The van der Waals surface area contributed by atoms with Crippen LogP contribution in [-0.4, -0.2) is 22.0 Å². The maximum Gasteiger partial charge on any atom is 0.0577 e. The molecule has 1 fully saturated rings. The second-order valence-electron chi connectivity index (χ2n) is 6.76. The van der Waals surface area contributed by atoms with E-state index in [0.29, 0.717) is 11.1 Å². The summed E-state index contributed by atoms with van der Waals surface area (Å²) in [6.07, 6.45) is 4.39. The van der Waals surface area contributed by atoms with Crippen molar-refractivity contribution in [3.8, 4) is 0 Å². The Morgan fingerprint density at radius 2 is 2.19 bits per heavy atom. The molecule has 0 radical (unpaired) electrons. The first kappa shape index (κ1) is 17.0. The summed E-state index contributed by atoms with van der Waals surface area (Å²) < 4.78 is 13.0. The topological polar surface area (TPSA) is 29.1 Å². The first-order valence-corrected chi connectivity index (χ1v) is 9.41. The summed E-state index contributed by atoms with van der Waals surface area (Å²) in [4.78, 5) is 0.855. The highest BCUT2D eigenvalue weighted by molar-refractivity contribution is 7.85. The predicted molar refractivity (Wildman–Crippen MR) is 91.4 cm³/mol. The zero-order valence-corrected chi connectivity index (χ0v) is 14.8. The summed E-state index contributed by atoms with van der Waals surface area (Å²) >= 11 is 6.05. The van der Waals surface area contributed by atoms with Crippen molar-refractivity contribution in [1.82, 2.24) is 5.32 Å². The van der Waals surface area contributed by atoms with Gasteiger partial charge in [-0.3, -0.25) is 4.21 Å². The molecule has 1 aliphatic carbocycles. The average molecular weight is 328 g/mol. The number of rotatable bonds is 5. The fourth-order valence-electron chi connectivity index (χ4n) is 3.08. The minimum Gasteiger partial charge on any atom is -0.313 e. The van der Waals surface area contributed by atoms with Crippen LogP contribution >= 0.6 is 11.6 Å². The van der Waals surface area contributed by atoms with Gasteiger partial charge in [-0.25, -0.2) is 0 Å². The Labute approximate surface area is 136 Å². The van der Waals surface area contributed by atoms with Gasteiger partial charge in [0.2, 0.25) is 0 Å². The molecule has 1 aromatic carbocycles. The SMILES string of the molecule is CCCNC1CCC(C)(C)CC1S(=O)c1cccc(Cl)c1. The molecule has 118 valence electrons. The van der Waals surface area contributed by atoms with Crippen molar-refractivity contribution in [2.75, 3.05) is 6.54 Å². The molecule has 1 N–H and O–H groups in total. The molecular formula is C17H26ClNOS. The Kier molecular flexibility index (Phi) is 5.87. The molecule has 1 aliphatic rings. The standard InChI is InChI=1S/C17H26ClNOS/c1-4-10-19-15-8-9-17(2,3)12-16(15)21(20)14-7-5-6-13(18)11-14/h5-7,11,15-16,19H,4,8-10,12H2,1-3H3. The number of nitrogens with one attached hydrogen (secondary N) is 1. The van der Waals surface area contributed by atoms with Crippen molar-refractivity contribution >= 4 is 22.4 Å². The maximum atomic E-state index is 13.0. The number of halogens is 1. The van der Waals surface area contributed by atoms with Crippen molar-refractivity contribution < 1.29 is 4.21 Å². The molecule has 1 saturated carbocycles. The van der Waals surface area contributed by atoms with E-state index in [9.17, 15) is 4.21 Å². The van der Waals surface area contributed by atoms with E-state index in [4.69, 9.17) is 11.6 Å². The van der Waals surface area contributed by atoms with Gasteiger partial charge in [0.25, 0.3) is 0 Å². The average Bonchev–Trinajstić information content (AvgIpc) is 2.44. The molecular weight excluding hydrogens is 302 g/mol. The lowest BCUT2D eigenvalue weighted by molar-refractivity contribution is 0.212. The van der Waals surface area contributed by atoms with E-state index in [0.717, 1.165) is 30.7 Å². The molecule has 2 nitrogen and oxygen atoms in total. The second-order valence-corrected chi connectivity index (χ2v) is 8.87. The summed E-state index contributed by atoms with van der Waals surface area (Å²) in [5.74, 6) is 0. The molecule has 1 aromatic rings. The molecule has 0 amide bonds. The molecule has 3 unspecified atom stereocenters. The number of benzene rings is 1. The van der Waals surface area contributed by atoms with Crippen LogP contribution in [0.25, 0.3) is 0 Å². The highest BCUT2D eigenvalue weighted by atomic mass is 35.5. The lowest BCUT2D eigenvalue weighted by Crippen LogP contribution is -2.48. The van der Waals surface area contributed by atoms with Gasteiger partial charge in [-0.2, -0.15) is 0 Å². The van der Waals surface area contributed by atoms with Crippen molar-refractivity contribution in [3.63, 3.8) is 0 Å². The smallest absolute Gasteiger partial charge is 0.0577 e. The molecule has 3 atom stereocenters. The summed E-state index contributed by atoms with van der Waals surface area (Å²) in [6.45, 7) is 7.73. The molecule has 0 saturated heterocycles. The van der Waals surface area contributed by atoms with Crippen LogP contribution in [-0.2, 0) is 10.8 Å². The molecule has 0 heterocycles. The summed E-state index contributed by atoms with van der Waals surface area (Å²) in [7, 11) is -1.01. The largest absolute Gasteiger partial charge is 0.313 e. The van der Waals surface area contributed by atoms with E-state index in [2.05, 4.69) is 26.1 Å². The number of hydrogen-bond donors (Lipinski definition) is 1. The molecule has 0 aliphatic heterocycles. The second kappa shape index (κ2) is 7.26. The van der Waals surface area contributed by atoms with Crippen LogP contribution in [0.4, 0.5) is 0 Å². The van der Waals surface area contributed by atoms with E-state index < -0.39 is 10.8 Å². The van der Waals surface area contributed by atoms with Gasteiger partial charge in [0.05, 0.1) is 16.0 Å². The summed E-state index contributed by atoms with van der Waals surface area (Å²) in [5.41, 5.74) is 0.267. The lowest BCUT2D eigenvalue weighted by atomic mass is 9.75. The first-order valence-electron chi connectivity index (χ1n) is 7.82. The van der Waals surface area contributed by atoms with Gasteiger partial charge in [-0.05, 0) is 55.8 Å².